The summed E-state index contributed by atoms with van der Waals surface area (Å²) in [5, 5.41) is 7.05. The number of anilines is 1. The highest BCUT2D eigenvalue weighted by molar-refractivity contribution is 5.97. The molecule has 1 aromatic heterocycles. The molecule has 1 aromatic carbocycles. The smallest absolute Gasteiger partial charge is 0.223 e. The first kappa shape index (κ1) is 19.7. The lowest BCUT2D eigenvalue weighted by Crippen LogP contribution is -2.39. The molecule has 148 valence electrons. The summed E-state index contributed by atoms with van der Waals surface area (Å²) >= 11 is 0. The van der Waals surface area contributed by atoms with Crippen LogP contribution in [0.5, 0.6) is 0 Å². The minimum absolute atomic E-state index is 0.0588. The Labute approximate surface area is 162 Å². The van der Waals surface area contributed by atoms with E-state index in [1.807, 2.05) is 0 Å². The van der Waals surface area contributed by atoms with Gasteiger partial charge in [-0.25, -0.2) is 9.07 Å². The van der Waals surface area contributed by atoms with Crippen molar-refractivity contribution in [2.45, 2.75) is 38.6 Å². The number of nitrogens with one attached hydrogen (secondary N) is 1. The predicted molar refractivity (Wildman–Crippen MR) is 101 cm³/mol. The molecule has 8 heteroatoms. The maximum Gasteiger partial charge on any atom is 0.223 e. The number of rotatable bonds is 6. The second-order valence-corrected chi connectivity index (χ2v) is 6.88. The van der Waals surface area contributed by atoms with Gasteiger partial charge in [-0.05, 0) is 37.1 Å². The molecule has 1 aliphatic heterocycles. The minimum Gasteiger partial charge on any atom is -0.343 e. The van der Waals surface area contributed by atoms with Crippen LogP contribution in [0.1, 0.15) is 49.0 Å². The van der Waals surface area contributed by atoms with E-state index in [-0.39, 0.29) is 36.5 Å². The predicted octanol–water partition coefficient (Wildman–Crippen LogP) is 2.81. The fourth-order valence-corrected chi connectivity index (χ4v) is 3.40. The van der Waals surface area contributed by atoms with Crippen molar-refractivity contribution in [2.75, 3.05) is 18.4 Å². The quantitative estimate of drug-likeness (QED) is 0.774. The summed E-state index contributed by atoms with van der Waals surface area (Å²) in [6, 6.07) is 7.21. The largest absolute Gasteiger partial charge is 0.343 e. The maximum absolute atomic E-state index is 12.9. The summed E-state index contributed by atoms with van der Waals surface area (Å²) in [6.45, 7) is 2.60. The van der Waals surface area contributed by atoms with Gasteiger partial charge in [0, 0.05) is 44.5 Å². The van der Waals surface area contributed by atoms with E-state index in [1.165, 1.54) is 31.2 Å². The lowest BCUT2D eigenvalue weighted by Gasteiger charge is -2.32. The van der Waals surface area contributed by atoms with Crippen molar-refractivity contribution >= 4 is 23.4 Å². The Morgan fingerprint density at radius 3 is 2.43 bits per heavy atom. The van der Waals surface area contributed by atoms with E-state index in [1.54, 1.807) is 21.8 Å². The molecule has 0 spiro atoms. The number of halogens is 1. The van der Waals surface area contributed by atoms with Crippen LogP contribution in [0.3, 0.4) is 0 Å². The fourth-order valence-electron chi connectivity index (χ4n) is 3.40. The third kappa shape index (κ3) is 4.82. The van der Waals surface area contributed by atoms with Crippen LogP contribution in [-0.2, 0) is 9.59 Å². The standard InChI is InChI=1S/C20H23FN4O3/c1-14(26)23-19-8-11-22-25(19)17-9-12-24(13-10-17)20(28)7-6-18(27)15-2-4-16(21)5-3-15/h2-5,8,11,17H,6-7,9-10,12-13H2,1H3,(H,23,26). The van der Waals surface area contributed by atoms with Crippen LogP contribution < -0.4 is 5.32 Å². The number of Topliss-reactive ketones (excluding diaryl/α,β-unsaturated/α-hetero) is 1. The van der Waals surface area contributed by atoms with Gasteiger partial charge in [0.25, 0.3) is 0 Å². The highest BCUT2D eigenvalue weighted by atomic mass is 19.1. The van der Waals surface area contributed by atoms with Crippen molar-refractivity contribution in [3.05, 3.63) is 47.9 Å². The normalized spacial score (nSPS) is 14.7. The number of aromatic nitrogens is 2. The molecular weight excluding hydrogens is 363 g/mol. The van der Waals surface area contributed by atoms with Gasteiger partial charge in [0.1, 0.15) is 11.6 Å². The zero-order valence-electron chi connectivity index (χ0n) is 15.7. The van der Waals surface area contributed by atoms with E-state index >= 15 is 0 Å². The van der Waals surface area contributed by atoms with Crippen LogP contribution in [0.4, 0.5) is 10.2 Å². The molecule has 1 aliphatic rings. The molecule has 28 heavy (non-hydrogen) atoms. The monoisotopic (exact) mass is 386 g/mol. The van der Waals surface area contributed by atoms with Crippen LogP contribution in [0.2, 0.25) is 0 Å². The molecule has 0 unspecified atom stereocenters. The number of nitrogens with zero attached hydrogens (tertiary/aromatic N) is 3. The number of piperidine rings is 1. The van der Waals surface area contributed by atoms with Crippen molar-refractivity contribution in [1.82, 2.24) is 14.7 Å². The van der Waals surface area contributed by atoms with Gasteiger partial charge in [0.05, 0.1) is 12.2 Å². The van der Waals surface area contributed by atoms with Crippen molar-refractivity contribution < 1.29 is 18.8 Å². The molecule has 3 rings (SSSR count). The lowest BCUT2D eigenvalue weighted by molar-refractivity contribution is -0.132. The number of ketones is 1. The molecular formula is C20H23FN4O3. The number of likely N-dealkylation sites (tertiary alicyclic amines) is 1. The van der Waals surface area contributed by atoms with Gasteiger partial charge in [-0.15, -0.1) is 0 Å². The average molecular weight is 386 g/mol. The Balaban J connectivity index is 1.49. The molecule has 0 saturated carbocycles. The first-order chi connectivity index (χ1) is 13.4. The SMILES string of the molecule is CC(=O)Nc1ccnn1C1CCN(C(=O)CCC(=O)c2ccc(F)cc2)CC1. The maximum atomic E-state index is 12.9. The molecule has 0 radical (unpaired) electrons. The summed E-state index contributed by atoms with van der Waals surface area (Å²) < 4.78 is 14.7. The van der Waals surface area contributed by atoms with Gasteiger partial charge in [-0.3, -0.25) is 14.4 Å². The summed E-state index contributed by atoms with van der Waals surface area (Å²) in [5.74, 6) is -0.118. The summed E-state index contributed by atoms with van der Waals surface area (Å²) in [5.41, 5.74) is 0.414. The number of benzene rings is 1. The molecule has 2 amide bonds. The second kappa shape index (κ2) is 8.77. The number of carbonyl (C=O) groups excluding carboxylic acids is 3. The first-order valence-electron chi connectivity index (χ1n) is 9.31. The van der Waals surface area contributed by atoms with Crippen molar-refractivity contribution in [1.29, 1.82) is 0 Å². The van der Waals surface area contributed by atoms with Crippen LogP contribution in [0.25, 0.3) is 0 Å². The molecule has 2 heterocycles. The van der Waals surface area contributed by atoms with Crippen LogP contribution in [-0.4, -0.2) is 45.4 Å². The number of carbonyl (C=O) groups is 3. The first-order valence-corrected chi connectivity index (χ1v) is 9.31. The second-order valence-electron chi connectivity index (χ2n) is 6.88. The summed E-state index contributed by atoms with van der Waals surface area (Å²) in [6.07, 6.45) is 3.34. The molecule has 0 atom stereocenters. The van der Waals surface area contributed by atoms with E-state index in [2.05, 4.69) is 10.4 Å². The molecule has 0 aliphatic carbocycles. The molecule has 0 bridgehead atoms. The third-order valence-corrected chi connectivity index (χ3v) is 4.87. The third-order valence-electron chi connectivity index (χ3n) is 4.87. The molecule has 1 saturated heterocycles. The van der Waals surface area contributed by atoms with Crippen LogP contribution in [0.15, 0.2) is 36.5 Å². The summed E-state index contributed by atoms with van der Waals surface area (Å²) in [4.78, 5) is 37.6. The summed E-state index contributed by atoms with van der Waals surface area (Å²) in [7, 11) is 0. The molecule has 2 aromatic rings. The Kier molecular flexibility index (Phi) is 6.18. The van der Waals surface area contributed by atoms with E-state index in [9.17, 15) is 18.8 Å². The van der Waals surface area contributed by atoms with Crippen molar-refractivity contribution in [3.63, 3.8) is 0 Å². The average Bonchev–Trinajstić information content (AvgIpc) is 3.14. The molecule has 7 nitrogen and oxygen atoms in total. The fraction of sp³-hybridized carbons (Fsp3) is 0.400. The highest BCUT2D eigenvalue weighted by Crippen LogP contribution is 2.26. The Hall–Kier alpha value is -3.03. The van der Waals surface area contributed by atoms with Gasteiger partial charge < -0.3 is 10.2 Å². The van der Waals surface area contributed by atoms with Crippen molar-refractivity contribution in [3.8, 4) is 0 Å². The van der Waals surface area contributed by atoms with E-state index < -0.39 is 5.82 Å². The molecule has 1 fully saturated rings. The topological polar surface area (TPSA) is 84.3 Å². The van der Waals surface area contributed by atoms with E-state index in [0.717, 1.165) is 12.8 Å². The van der Waals surface area contributed by atoms with E-state index in [0.29, 0.717) is 24.5 Å². The van der Waals surface area contributed by atoms with Crippen LogP contribution >= 0.6 is 0 Å². The zero-order valence-corrected chi connectivity index (χ0v) is 15.7. The number of hydrogen-bond donors (Lipinski definition) is 1. The zero-order chi connectivity index (χ0) is 20.1. The highest BCUT2D eigenvalue weighted by Gasteiger charge is 2.25. The van der Waals surface area contributed by atoms with Crippen molar-refractivity contribution in [2.24, 2.45) is 0 Å². The Morgan fingerprint density at radius 1 is 1.11 bits per heavy atom. The minimum atomic E-state index is -0.394. The number of amides is 2. The van der Waals surface area contributed by atoms with Gasteiger partial charge in [-0.1, -0.05) is 0 Å². The van der Waals surface area contributed by atoms with Gasteiger partial charge in [0.2, 0.25) is 11.8 Å². The van der Waals surface area contributed by atoms with Gasteiger partial charge >= 0.3 is 0 Å². The Bertz CT molecular complexity index is 855. The van der Waals surface area contributed by atoms with E-state index in [4.69, 9.17) is 0 Å². The van der Waals surface area contributed by atoms with Gasteiger partial charge in [0.15, 0.2) is 5.78 Å². The molecule has 1 N–H and O–H groups in total. The van der Waals surface area contributed by atoms with Gasteiger partial charge in [-0.2, -0.15) is 5.10 Å². The lowest BCUT2D eigenvalue weighted by atomic mass is 10.0. The number of hydrogen-bond acceptors (Lipinski definition) is 4. The Morgan fingerprint density at radius 2 is 1.79 bits per heavy atom. The van der Waals surface area contributed by atoms with Crippen LogP contribution in [0, 0.1) is 5.82 Å².